The van der Waals surface area contributed by atoms with Gasteiger partial charge in [-0.1, -0.05) is 47.6 Å². The van der Waals surface area contributed by atoms with Crippen LogP contribution in [0.3, 0.4) is 0 Å². The molecular formula is C15H14FNOS. The van der Waals surface area contributed by atoms with Crippen molar-refractivity contribution in [1.29, 1.82) is 0 Å². The molecule has 0 aromatic heterocycles. The molecule has 1 N–H and O–H groups in total. The molecule has 0 saturated heterocycles. The fourth-order valence-electron chi connectivity index (χ4n) is 1.85. The molecule has 4 heteroatoms. The van der Waals surface area contributed by atoms with E-state index in [4.69, 9.17) is 5.21 Å². The molecule has 0 amide bonds. The molecule has 2 rings (SSSR count). The van der Waals surface area contributed by atoms with E-state index in [9.17, 15) is 4.39 Å². The van der Waals surface area contributed by atoms with Crippen molar-refractivity contribution in [1.82, 2.24) is 0 Å². The van der Waals surface area contributed by atoms with Crippen molar-refractivity contribution < 1.29 is 9.60 Å². The molecule has 0 heterocycles. The van der Waals surface area contributed by atoms with Gasteiger partial charge >= 0.3 is 0 Å². The SMILES string of the molecule is O/N=C(\Cc1ccc(CS)c(F)c1)c1ccccc1. The van der Waals surface area contributed by atoms with Gasteiger partial charge < -0.3 is 5.21 Å². The molecule has 2 aromatic rings. The second kappa shape index (κ2) is 6.38. The highest BCUT2D eigenvalue weighted by atomic mass is 32.1. The second-order valence-corrected chi connectivity index (χ2v) is 4.49. The van der Waals surface area contributed by atoms with Crippen LogP contribution < -0.4 is 0 Å². The van der Waals surface area contributed by atoms with Crippen molar-refractivity contribution >= 4 is 18.3 Å². The Labute approximate surface area is 117 Å². The van der Waals surface area contributed by atoms with Gasteiger partial charge in [0.05, 0.1) is 5.71 Å². The lowest BCUT2D eigenvalue weighted by Gasteiger charge is -2.06. The zero-order chi connectivity index (χ0) is 13.7. The largest absolute Gasteiger partial charge is 0.411 e. The van der Waals surface area contributed by atoms with E-state index >= 15 is 0 Å². The van der Waals surface area contributed by atoms with E-state index < -0.39 is 0 Å². The van der Waals surface area contributed by atoms with Crippen molar-refractivity contribution in [3.8, 4) is 0 Å². The normalized spacial score (nSPS) is 11.6. The summed E-state index contributed by atoms with van der Waals surface area (Å²) in [6, 6.07) is 14.3. The van der Waals surface area contributed by atoms with Gasteiger partial charge in [-0.3, -0.25) is 0 Å². The predicted molar refractivity (Wildman–Crippen MR) is 77.6 cm³/mol. The maximum absolute atomic E-state index is 13.7. The predicted octanol–water partition coefficient (Wildman–Crippen LogP) is 3.68. The Morgan fingerprint density at radius 3 is 2.47 bits per heavy atom. The van der Waals surface area contributed by atoms with E-state index in [1.54, 1.807) is 6.07 Å². The Morgan fingerprint density at radius 1 is 1.16 bits per heavy atom. The number of oxime groups is 1. The van der Waals surface area contributed by atoms with Gasteiger partial charge in [-0.2, -0.15) is 12.6 Å². The number of benzene rings is 2. The van der Waals surface area contributed by atoms with Crippen LogP contribution in [0.2, 0.25) is 0 Å². The first-order valence-electron chi connectivity index (χ1n) is 5.89. The van der Waals surface area contributed by atoms with Crippen molar-refractivity contribution in [2.45, 2.75) is 12.2 Å². The van der Waals surface area contributed by atoms with Crippen LogP contribution in [-0.4, -0.2) is 10.9 Å². The maximum Gasteiger partial charge on any atom is 0.127 e. The molecule has 0 radical (unpaired) electrons. The lowest BCUT2D eigenvalue weighted by molar-refractivity contribution is 0.318. The van der Waals surface area contributed by atoms with E-state index in [1.165, 1.54) is 6.07 Å². The fraction of sp³-hybridized carbons (Fsp3) is 0.133. The summed E-state index contributed by atoms with van der Waals surface area (Å²) in [4.78, 5) is 0. The van der Waals surface area contributed by atoms with Crippen molar-refractivity contribution in [3.05, 3.63) is 71.0 Å². The lowest BCUT2D eigenvalue weighted by atomic mass is 10.0. The van der Waals surface area contributed by atoms with Gasteiger partial charge in [-0.25, -0.2) is 4.39 Å². The number of hydrogen-bond donors (Lipinski definition) is 2. The van der Waals surface area contributed by atoms with E-state index in [-0.39, 0.29) is 5.82 Å². The minimum Gasteiger partial charge on any atom is -0.411 e. The highest BCUT2D eigenvalue weighted by Gasteiger charge is 2.08. The van der Waals surface area contributed by atoms with Gasteiger partial charge in [0.2, 0.25) is 0 Å². The van der Waals surface area contributed by atoms with E-state index in [1.807, 2.05) is 36.4 Å². The number of halogens is 1. The zero-order valence-electron chi connectivity index (χ0n) is 10.3. The molecule has 19 heavy (non-hydrogen) atoms. The van der Waals surface area contributed by atoms with Gasteiger partial charge in [0.15, 0.2) is 0 Å². The second-order valence-electron chi connectivity index (χ2n) is 4.17. The fourth-order valence-corrected chi connectivity index (χ4v) is 2.10. The Bertz CT molecular complexity index is 584. The first-order chi connectivity index (χ1) is 9.24. The molecule has 2 aromatic carbocycles. The topological polar surface area (TPSA) is 32.6 Å². The Morgan fingerprint density at radius 2 is 1.89 bits per heavy atom. The average molecular weight is 275 g/mol. The van der Waals surface area contributed by atoms with Crippen LogP contribution in [-0.2, 0) is 12.2 Å². The van der Waals surface area contributed by atoms with Crippen LogP contribution in [0.25, 0.3) is 0 Å². The first kappa shape index (κ1) is 13.6. The summed E-state index contributed by atoms with van der Waals surface area (Å²) < 4.78 is 13.7. The summed E-state index contributed by atoms with van der Waals surface area (Å²) in [5, 5.41) is 12.4. The third-order valence-corrected chi connectivity index (χ3v) is 3.23. The highest BCUT2D eigenvalue weighted by molar-refractivity contribution is 7.79. The monoisotopic (exact) mass is 275 g/mol. The smallest absolute Gasteiger partial charge is 0.127 e. The summed E-state index contributed by atoms with van der Waals surface area (Å²) in [5.74, 6) is 0.0870. The summed E-state index contributed by atoms with van der Waals surface area (Å²) in [6.07, 6.45) is 0.379. The Hall–Kier alpha value is -1.81. The van der Waals surface area contributed by atoms with Crippen LogP contribution in [0.15, 0.2) is 53.7 Å². The van der Waals surface area contributed by atoms with Crippen LogP contribution in [0.1, 0.15) is 16.7 Å². The molecule has 2 nitrogen and oxygen atoms in total. The summed E-state index contributed by atoms with van der Waals surface area (Å²) in [7, 11) is 0. The number of nitrogens with zero attached hydrogens (tertiary/aromatic N) is 1. The molecule has 0 spiro atoms. The van der Waals surface area contributed by atoms with Crippen molar-refractivity contribution in [2.75, 3.05) is 0 Å². The molecule has 98 valence electrons. The molecule has 0 atom stereocenters. The minimum atomic E-state index is -0.280. The van der Waals surface area contributed by atoms with Gasteiger partial charge in [0.25, 0.3) is 0 Å². The summed E-state index contributed by atoms with van der Waals surface area (Å²) >= 11 is 4.06. The van der Waals surface area contributed by atoms with Crippen molar-refractivity contribution in [2.24, 2.45) is 5.16 Å². The lowest BCUT2D eigenvalue weighted by Crippen LogP contribution is -2.06. The van der Waals surface area contributed by atoms with Crippen LogP contribution in [0.5, 0.6) is 0 Å². The third kappa shape index (κ3) is 3.35. The molecular weight excluding hydrogens is 261 g/mol. The number of hydrogen-bond acceptors (Lipinski definition) is 3. The molecule has 0 saturated carbocycles. The molecule has 0 aliphatic rings. The van der Waals surface area contributed by atoms with E-state index in [0.717, 1.165) is 11.1 Å². The zero-order valence-corrected chi connectivity index (χ0v) is 11.1. The molecule has 0 unspecified atom stereocenters. The van der Waals surface area contributed by atoms with E-state index in [0.29, 0.717) is 23.4 Å². The molecule has 0 bridgehead atoms. The highest BCUT2D eigenvalue weighted by Crippen LogP contribution is 2.15. The van der Waals surface area contributed by atoms with E-state index in [2.05, 4.69) is 17.8 Å². The maximum atomic E-state index is 13.7. The van der Waals surface area contributed by atoms with Gasteiger partial charge in [0, 0.05) is 12.2 Å². The van der Waals surface area contributed by atoms with Gasteiger partial charge in [-0.15, -0.1) is 0 Å². The standard InChI is InChI=1S/C15H14FNOS/c16-14-8-11(6-7-13(14)10-19)9-15(17-18)12-4-2-1-3-5-12/h1-8,18-19H,9-10H2/b17-15+. The van der Waals surface area contributed by atoms with Gasteiger partial charge in [-0.05, 0) is 22.8 Å². The number of rotatable bonds is 4. The minimum absolute atomic E-state index is 0.280. The summed E-state index contributed by atoms with van der Waals surface area (Å²) in [5.41, 5.74) is 2.66. The van der Waals surface area contributed by atoms with Crippen LogP contribution in [0, 0.1) is 5.82 Å². The molecule has 0 aliphatic heterocycles. The van der Waals surface area contributed by atoms with Crippen molar-refractivity contribution in [3.63, 3.8) is 0 Å². The molecule has 0 aliphatic carbocycles. The average Bonchev–Trinajstić information content (AvgIpc) is 2.46. The van der Waals surface area contributed by atoms with Crippen LogP contribution in [0.4, 0.5) is 4.39 Å². The third-order valence-electron chi connectivity index (χ3n) is 2.89. The quantitative estimate of drug-likeness (QED) is 0.379. The Balaban J connectivity index is 2.23. The summed E-state index contributed by atoms with van der Waals surface area (Å²) in [6.45, 7) is 0. The first-order valence-corrected chi connectivity index (χ1v) is 6.52. The van der Waals surface area contributed by atoms with Crippen LogP contribution >= 0.6 is 12.6 Å². The van der Waals surface area contributed by atoms with Gasteiger partial charge in [0.1, 0.15) is 5.82 Å². The number of thiol groups is 1. The Kier molecular flexibility index (Phi) is 4.58. The molecule has 0 fully saturated rings.